The summed E-state index contributed by atoms with van der Waals surface area (Å²) in [4.78, 5) is 24.9. The van der Waals surface area contributed by atoms with E-state index in [2.05, 4.69) is 74.6 Å². The second-order valence-electron chi connectivity index (χ2n) is 12.3. The molecule has 0 aliphatic heterocycles. The lowest BCUT2D eigenvalue weighted by Crippen LogP contribution is -2.27. The van der Waals surface area contributed by atoms with Crippen molar-refractivity contribution < 1.29 is 19.4 Å². The Morgan fingerprint density at radius 3 is 2.48 bits per heavy atom. The molecule has 42 heavy (non-hydrogen) atoms. The number of carbonyl (C=O) groups is 2. The van der Waals surface area contributed by atoms with E-state index < -0.39 is 5.97 Å². The molecule has 5 rings (SSSR count). The summed E-state index contributed by atoms with van der Waals surface area (Å²) in [6, 6.07) is 17.2. The molecule has 1 amide bonds. The summed E-state index contributed by atoms with van der Waals surface area (Å²) >= 11 is 0. The minimum absolute atomic E-state index is 0.0897. The molecule has 1 N–H and O–H groups in total. The van der Waals surface area contributed by atoms with E-state index in [0.717, 1.165) is 37.1 Å². The number of ether oxygens (including phenoxy) is 1. The van der Waals surface area contributed by atoms with Crippen LogP contribution >= 0.6 is 0 Å². The largest absolute Gasteiger partial charge is 0.550 e. The fourth-order valence-corrected chi connectivity index (χ4v) is 6.88. The Kier molecular flexibility index (Phi) is 8.63. The topological polar surface area (TPSA) is 81.7 Å². The predicted molar refractivity (Wildman–Crippen MR) is 166 cm³/mol. The van der Waals surface area contributed by atoms with Crippen LogP contribution < -0.4 is 15.2 Å². The van der Waals surface area contributed by atoms with Crippen molar-refractivity contribution in [3.05, 3.63) is 81.9 Å². The van der Waals surface area contributed by atoms with Crippen LogP contribution in [-0.2, 0) is 22.6 Å². The number of carbonyl (C=O) groups excluding carboxylic acids is 2. The molecular formula is C36H43N2O4-. The molecule has 1 spiro atoms. The van der Waals surface area contributed by atoms with Gasteiger partial charge < -0.3 is 24.9 Å². The van der Waals surface area contributed by atoms with Gasteiger partial charge in [-0.25, -0.2) is 0 Å². The van der Waals surface area contributed by atoms with Gasteiger partial charge in [-0.3, -0.25) is 4.79 Å². The van der Waals surface area contributed by atoms with Crippen LogP contribution in [0, 0.1) is 26.2 Å². The average molecular weight is 568 g/mol. The van der Waals surface area contributed by atoms with E-state index in [4.69, 9.17) is 4.74 Å². The molecule has 3 aromatic rings. The van der Waals surface area contributed by atoms with Crippen molar-refractivity contribution in [1.82, 2.24) is 4.90 Å². The third-order valence-electron chi connectivity index (χ3n) is 9.40. The Labute approximate surface area is 250 Å². The van der Waals surface area contributed by atoms with Gasteiger partial charge >= 0.3 is 0 Å². The summed E-state index contributed by atoms with van der Waals surface area (Å²) in [5.74, 6) is 0.155. The first kappa shape index (κ1) is 29.7. The lowest BCUT2D eigenvalue weighted by Gasteiger charge is -2.20. The van der Waals surface area contributed by atoms with Crippen molar-refractivity contribution in [3.63, 3.8) is 0 Å². The maximum absolute atomic E-state index is 11.8. The van der Waals surface area contributed by atoms with E-state index in [1.54, 1.807) is 4.90 Å². The quantitative estimate of drug-likeness (QED) is 0.268. The zero-order chi connectivity index (χ0) is 30.0. The average Bonchev–Trinajstić information content (AvgIpc) is 3.67. The molecule has 1 unspecified atom stereocenters. The SMILES string of the molecule is CCC(=O)N(C)CCCOc1cc(C)c(-c2cccc(CNc3ccc4c(c3)CC3(CC3)C4CC(=O)[O-])c2C)c(C)c1. The van der Waals surface area contributed by atoms with Crippen molar-refractivity contribution in [2.45, 2.75) is 78.7 Å². The van der Waals surface area contributed by atoms with E-state index in [1.165, 1.54) is 44.5 Å². The van der Waals surface area contributed by atoms with Gasteiger partial charge in [-0.15, -0.1) is 0 Å². The Morgan fingerprint density at radius 2 is 1.81 bits per heavy atom. The van der Waals surface area contributed by atoms with Crippen LogP contribution in [0.3, 0.4) is 0 Å². The number of nitrogens with zero attached hydrogens (tertiary/aromatic N) is 1. The minimum Gasteiger partial charge on any atom is -0.550 e. The number of fused-ring (bicyclic) bond motifs is 1. The molecule has 0 radical (unpaired) electrons. The zero-order valence-corrected chi connectivity index (χ0v) is 25.6. The number of amides is 1. The summed E-state index contributed by atoms with van der Waals surface area (Å²) in [5, 5.41) is 15.0. The second-order valence-corrected chi connectivity index (χ2v) is 12.3. The van der Waals surface area contributed by atoms with E-state index in [0.29, 0.717) is 26.1 Å². The third-order valence-corrected chi connectivity index (χ3v) is 9.40. The summed E-state index contributed by atoms with van der Waals surface area (Å²) in [6.07, 6.45) is 4.63. The number of hydrogen-bond acceptors (Lipinski definition) is 5. The lowest BCUT2D eigenvalue weighted by molar-refractivity contribution is -0.306. The molecule has 1 atom stereocenters. The van der Waals surface area contributed by atoms with Crippen molar-refractivity contribution in [1.29, 1.82) is 0 Å². The van der Waals surface area contributed by atoms with Gasteiger partial charge in [0.25, 0.3) is 0 Å². The first-order valence-electron chi connectivity index (χ1n) is 15.3. The molecule has 1 fully saturated rings. The molecule has 6 heteroatoms. The molecule has 0 heterocycles. The smallest absolute Gasteiger partial charge is 0.222 e. The summed E-state index contributed by atoms with van der Waals surface area (Å²) < 4.78 is 6.06. The van der Waals surface area contributed by atoms with Gasteiger partial charge in [0.1, 0.15) is 5.75 Å². The molecule has 222 valence electrons. The third kappa shape index (κ3) is 6.18. The number of nitrogens with one attached hydrogen (secondary N) is 1. The highest BCUT2D eigenvalue weighted by atomic mass is 16.5. The number of hydrogen-bond donors (Lipinski definition) is 1. The number of aliphatic carboxylic acids is 1. The standard InChI is InChI=1S/C36H44N2O4/c1-6-33(39)38(5)15-8-16-42-29-17-23(2)35(24(3)18-29)30-10-7-9-26(25(30)4)22-37-28-11-12-31-27(19-28)21-36(13-14-36)32(31)20-34(40)41/h7,9-12,17-19,32,37H,6,8,13-16,20-22H2,1-5H3,(H,40,41)/p-1. The van der Waals surface area contributed by atoms with Crippen LogP contribution in [0.25, 0.3) is 11.1 Å². The minimum atomic E-state index is -0.950. The van der Waals surface area contributed by atoms with Gasteiger partial charge in [-0.2, -0.15) is 0 Å². The number of carboxylic acids is 1. The van der Waals surface area contributed by atoms with Gasteiger partial charge in [0.05, 0.1) is 6.61 Å². The first-order valence-corrected chi connectivity index (χ1v) is 15.3. The molecular weight excluding hydrogens is 524 g/mol. The summed E-state index contributed by atoms with van der Waals surface area (Å²) in [7, 11) is 1.84. The molecule has 6 nitrogen and oxygen atoms in total. The van der Waals surface area contributed by atoms with E-state index in [9.17, 15) is 14.7 Å². The summed E-state index contributed by atoms with van der Waals surface area (Å²) in [6.45, 7) is 10.3. The molecule has 2 aliphatic rings. The Bertz CT molecular complexity index is 1470. The number of carboxylic acid groups (broad SMARTS) is 1. The fraction of sp³-hybridized carbons (Fsp3) is 0.444. The lowest BCUT2D eigenvalue weighted by atomic mass is 9.87. The predicted octanol–water partition coefficient (Wildman–Crippen LogP) is 6.09. The monoisotopic (exact) mass is 567 g/mol. The highest BCUT2D eigenvalue weighted by molar-refractivity contribution is 5.76. The normalized spacial score (nSPS) is 16.3. The molecule has 3 aromatic carbocycles. The van der Waals surface area contributed by atoms with Gasteiger partial charge in [0, 0.05) is 38.2 Å². The Hall–Kier alpha value is -3.80. The van der Waals surface area contributed by atoms with Crippen molar-refractivity contribution >= 4 is 17.6 Å². The van der Waals surface area contributed by atoms with Crippen molar-refractivity contribution in [2.75, 3.05) is 25.5 Å². The van der Waals surface area contributed by atoms with Gasteiger partial charge in [0.15, 0.2) is 0 Å². The van der Waals surface area contributed by atoms with Crippen LogP contribution in [-0.4, -0.2) is 37.0 Å². The molecule has 0 saturated heterocycles. The number of rotatable bonds is 12. The number of anilines is 1. The van der Waals surface area contributed by atoms with Crippen LogP contribution in [0.1, 0.15) is 78.3 Å². The summed E-state index contributed by atoms with van der Waals surface area (Å²) in [5.41, 5.74) is 11.0. The van der Waals surface area contributed by atoms with Crippen LogP contribution in [0.2, 0.25) is 0 Å². The number of benzene rings is 3. The second kappa shape index (κ2) is 12.2. The fourth-order valence-electron chi connectivity index (χ4n) is 6.88. The maximum Gasteiger partial charge on any atom is 0.222 e. The molecule has 0 bridgehead atoms. The van der Waals surface area contributed by atoms with Crippen molar-refractivity contribution in [3.8, 4) is 16.9 Å². The molecule has 0 aromatic heterocycles. The van der Waals surface area contributed by atoms with Gasteiger partial charge in [0.2, 0.25) is 5.91 Å². The van der Waals surface area contributed by atoms with Crippen LogP contribution in [0.15, 0.2) is 48.5 Å². The Balaban J connectivity index is 1.25. The molecule has 2 aliphatic carbocycles. The van der Waals surface area contributed by atoms with Crippen LogP contribution in [0.5, 0.6) is 5.75 Å². The molecule has 1 saturated carbocycles. The highest BCUT2D eigenvalue weighted by Crippen LogP contribution is 2.64. The van der Waals surface area contributed by atoms with E-state index >= 15 is 0 Å². The maximum atomic E-state index is 11.8. The van der Waals surface area contributed by atoms with E-state index in [-0.39, 0.29) is 23.7 Å². The highest BCUT2D eigenvalue weighted by Gasteiger charge is 2.53. The Morgan fingerprint density at radius 1 is 1.07 bits per heavy atom. The number of aryl methyl sites for hydroxylation is 2. The van der Waals surface area contributed by atoms with Crippen LogP contribution in [0.4, 0.5) is 5.69 Å². The van der Waals surface area contributed by atoms with E-state index in [1.807, 2.05) is 14.0 Å². The first-order chi connectivity index (χ1) is 20.1. The van der Waals surface area contributed by atoms with Crippen molar-refractivity contribution in [2.24, 2.45) is 5.41 Å². The van der Waals surface area contributed by atoms with Gasteiger partial charge in [-0.05, 0) is 133 Å². The van der Waals surface area contributed by atoms with Gasteiger partial charge in [-0.1, -0.05) is 31.2 Å². The zero-order valence-electron chi connectivity index (χ0n) is 25.6.